The Morgan fingerprint density at radius 1 is 1.43 bits per heavy atom. The van der Waals surface area contributed by atoms with Crippen LogP contribution in [0, 0.1) is 6.92 Å². The van der Waals surface area contributed by atoms with Gasteiger partial charge in [-0.1, -0.05) is 28.1 Å². The molecule has 76 valence electrons. The molecule has 4 heteroatoms. The molecule has 0 heterocycles. The average molecular weight is 262 g/mol. The monoisotopic (exact) mass is 261 g/mol. The molecule has 0 radical (unpaired) electrons. The minimum Gasteiger partial charge on any atom is -0.316 e. The molecule has 1 saturated carbocycles. The van der Waals surface area contributed by atoms with E-state index in [2.05, 4.69) is 15.9 Å². The minimum absolute atomic E-state index is 0.249. The van der Waals surface area contributed by atoms with Crippen LogP contribution in [-0.2, 0) is 5.54 Å². The van der Waals surface area contributed by atoms with Gasteiger partial charge in [0.05, 0.1) is 0 Å². The van der Waals surface area contributed by atoms with Crippen LogP contribution >= 0.6 is 15.9 Å². The quantitative estimate of drug-likeness (QED) is 0.827. The first-order valence-corrected chi connectivity index (χ1v) is 5.09. The third kappa shape index (κ3) is 1.28. The van der Waals surface area contributed by atoms with Crippen LogP contribution < -0.4 is 5.73 Å². The van der Waals surface area contributed by atoms with E-state index in [0.29, 0.717) is 5.56 Å². The van der Waals surface area contributed by atoms with Gasteiger partial charge in [0.25, 0.3) is 5.92 Å². The fraction of sp³-hybridized carbons (Fsp3) is 0.400. The fourth-order valence-electron chi connectivity index (χ4n) is 1.54. The van der Waals surface area contributed by atoms with Crippen molar-refractivity contribution in [2.75, 3.05) is 0 Å². The van der Waals surface area contributed by atoms with E-state index < -0.39 is 11.5 Å². The molecular formula is C10H10BrF2N. The number of hydrogen-bond donors (Lipinski definition) is 1. The van der Waals surface area contributed by atoms with Crippen LogP contribution in [0.1, 0.15) is 17.5 Å². The van der Waals surface area contributed by atoms with Crippen LogP contribution in [0.25, 0.3) is 0 Å². The predicted molar refractivity (Wildman–Crippen MR) is 54.3 cm³/mol. The van der Waals surface area contributed by atoms with Gasteiger partial charge in [0.15, 0.2) is 0 Å². The SMILES string of the molecule is Cc1cc(C2(N)CC2(F)F)ccc1Br. The molecule has 1 fully saturated rings. The third-order valence-corrected chi connectivity index (χ3v) is 3.59. The topological polar surface area (TPSA) is 26.0 Å². The zero-order chi connectivity index (χ0) is 10.6. The molecular weight excluding hydrogens is 252 g/mol. The molecule has 1 aromatic rings. The number of alkyl halides is 2. The smallest absolute Gasteiger partial charge is 0.272 e. The number of aryl methyl sites for hydroxylation is 1. The molecule has 0 amide bonds. The number of hydrogen-bond acceptors (Lipinski definition) is 1. The Hall–Kier alpha value is -0.480. The van der Waals surface area contributed by atoms with Crippen molar-refractivity contribution in [3.05, 3.63) is 33.8 Å². The summed E-state index contributed by atoms with van der Waals surface area (Å²) in [6.07, 6.45) is -0.249. The van der Waals surface area contributed by atoms with Crippen molar-refractivity contribution in [2.45, 2.75) is 24.8 Å². The average Bonchev–Trinajstić information content (AvgIpc) is 2.58. The van der Waals surface area contributed by atoms with Crippen LogP contribution in [0.5, 0.6) is 0 Å². The van der Waals surface area contributed by atoms with Gasteiger partial charge < -0.3 is 5.73 Å². The van der Waals surface area contributed by atoms with Gasteiger partial charge in [-0.25, -0.2) is 8.78 Å². The van der Waals surface area contributed by atoms with E-state index in [0.717, 1.165) is 10.0 Å². The zero-order valence-corrected chi connectivity index (χ0v) is 9.24. The Balaban J connectivity index is 2.40. The summed E-state index contributed by atoms with van der Waals surface area (Å²) in [5, 5.41) is 0. The molecule has 0 saturated heterocycles. The lowest BCUT2D eigenvalue weighted by molar-refractivity contribution is 0.0891. The molecule has 1 unspecified atom stereocenters. The predicted octanol–water partition coefficient (Wildman–Crippen LogP) is 2.95. The summed E-state index contributed by atoms with van der Waals surface area (Å²) in [6, 6.07) is 5.12. The molecule has 1 nitrogen and oxygen atoms in total. The van der Waals surface area contributed by atoms with Gasteiger partial charge in [0, 0.05) is 10.9 Å². The van der Waals surface area contributed by atoms with Crippen molar-refractivity contribution in [1.29, 1.82) is 0 Å². The van der Waals surface area contributed by atoms with Crippen LogP contribution in [0.4, 0.5) is 8.78 Å². The fourth-order valence-corrected chi connectivity index (χ4v) is 1.79. The van der Waals surface area contributed by atoms with Crippen molar-refractivity contribution < 1.29 is 8.78 Å². The van der Waals surface area contributed by atoms with E-state index in [9.17, 15) is 8.78 Å². The van der Waals surface area contributed by atoms with Crippen molar-refractivity contribution in [3.63, 3.8) is 0 Å². The Morgan fingerprint density at radius 2 is 2.00 bits per heavy atom. The van der Waals surface area contributed by atoms with E-state index in [1.807, 2.05) is 6.92 Å². The molecule has 2 N–H and O–H groups in total. The lowest BCUT2D eigenvalue weighted by atomic mass is 10.0. The molecule has 14 heavy (non-hydrogen) atoms. The Kier molecular flexibility index (Phi) is 1.98. The van der Waals surface area contributed by atoms with Gasteiger partial charge in [-0.05, 0) is 24.1 Å². The molecule has 1 aromatic carbocycles. The van der Waals surface area contributed by atoms with Crippen LogP contribution in [0.15, 0.2) is 22.7 Å². The summed E-state index contributed by atoms with van der Waals surface area (Å²) in [7, 11) is 0. The van der Waals surface area contributed by atoms with E-state index in [1.165, 1.54) is 0 Å². The summed E-state index contributed by atoms with van der Waals surface area (Å²) in [6.45, 7) is 1.86. The molecule has 2 rings (SSSR count). The molecule has 0 aromatic heterocycles. The first-order chi connectivity index (χ1) is 6.37. The van der Waals surface area contributed by atoms with Gasteiger partial charge in [-0.15, -0.1) is 0 Å². The second kappa shape index (κ2) is 2.76. The number of benzene rings is 1. The molecule has 0 bridgehead atoms. The summed E-state index contributed by atoms with van der Waals surface area (Å²) in [5.41, 5.74) is 5.61. The first-order valence-electron chi connectivity index (χ1n) is 4.30. The van der Waals surface area contributed by atoms with E-state index >= 15 is 0 Å². The van der Waals surface area contributed by atoms with E-state index in [1.54, 1.807) is 18.2 Å². The Morgan fingerprint density at radius 3 is 2.43 bits per heavy atom. The van der Waals surface area contributed by atoms with Crippen LogP contribution in [0.2, 0.25) is 0 Å². The summed E-state index contributed by atoms with van der Waals surface area (Å²) < 4.78 is 26.8. The van der Waals surface area contributed by atoms with Crippen molar-refractivity contribution in [3.8, 4) is 0 Å². The maximum absolute atomic E-state index is 13.0. The van der Waals surface area contributed by atoms with Crippen molar-refractivity contribution in [1.82, 2.24) is 0 Å². The van der Waals surface area contributed by atoms with Crippen LogP contribution in [0.3, 0.4) is 0 Å². The molecule has 1 aliphatic carbocycles. The highest BCUT2D eigenvalue weighted by Crippen LogP contribution is 2.57. The van der Waals surface area contributed by atoms with Gasteiger partial charge in [0.1, 0.15) is 5.54 Å². The van der Waals surface area contributed by atoms with Gasteiger partial charge in [-0.2, -0.15) is 0 Å². The van der Waals surface area contributed by atoms with Gasteiger partial charge >= 0.3 is 0 Å². The highest BCUT2D eigenvalue weighted by molar-refractivity contribution is 9.10. The van der Waals surface area contributed by atoms with E-state index in [-0.39, 0.29) is 6.42 Å². The third-order valence-electron chi connectivity index (χ3n) is 2.70. The summed E-state index contributed by atoms with van der Waals surface area (Å²) in [5.74, 6) is -2.74. The van der Waals surface area contributed by atoms with E-state index in [4.69, 9.17) is 5.73 Å². The second-order valence-corrected chi connectivity index (χ2v) is 4.67. The second-order valence-electron chi connectivity index (χ2n) is 3.82. The normalized spacial score (nSPS) is 28.9. The van der Waals surface area contributed by atoms with Gasteiger partial charge in [0.2, 0.25) is 0 Å². The summed E-state index contributed by atoms with van der Waals surface area (Å²) >= 11 is 3.32. The van der Waals surface area contributed by atoms with Crippen LogP contribution in [-0.4, -0.2) is 5.92 Å². The number of rotatable bonds is 1. The lowest BCUT2D eigenvalue weighted by Gasteiger charge is -2.12. The van der Waals surface area contributed by atoms with Gasteiger partial charge in [-0.3, -0.25) is 0 Å². The Labute approximate surface area is 89.4 Å². The van der Waals surface area contributed by atoms with Crippen molar-refractivity contribution >= 4 is 15.9 Å². The molecule has 1 aliphatic rings. The lowest BCUT2D eigenvalue weighted by Crippen LogP contribution is -2.27. The molecule has 0 aliphatic heterocycles. The highest BCUT2D eigenvalue weighted by atomic mass is 79.9. The maximum Gasteiger partial charge on any atom is 0.272 e. The first kappa shape index (κ1) is 10.1. The number of nitrogens with two attached hydrogens (primary N) is 1. The highest BCUT2D eigenvalue weighted by Gasteiger charge is 2.69. The number of halogens is 3. The Bertz CT molecular complexity index is 392. The molecule has 0 spiro atoms. The largest absolute Gasteiger partial charge is 0.316 e. The standard InChI is InChI=1S/C10H10BrF2N/c1-6-4-7(2-3-8(6)11)9(14)5-10(9,12)13/h2-4H,5,14H2,1H3. The van der Waals surface area contributed by atoms with Crippen molar-refractivity contribution in [2.24, 2.45) is 5.73 Å². The maximum atomic E-state index is 13.0. The zero-order valence-electron chi connectivity index (χ0n) is 7.65. The molecule has 1 atom stereocenters. The minimum atomic E-state index is -2.74. The summed E-state index contributed by atoms with van der Waals surface area (Å²) in [4.78, 5) is 0.